The molecule has 2 aliphatic heterocycles. The van der Waals surface area contributed by atoms with Gasteiger partial charge < -0.3 is 10.0 Å². The first-order valence-corrected chi connectivity index (χ1v) is 11.6. The molecule has 2 aromatic rings. The number of likely N-dealkylation sites (tertiary alicyclic amines) is 1. The first kappa shape index (κ1) is 20.7. The van der Waals surface area contributed by atoms with Crippen LogP contribution in [0.15, 0.2) is 53.4 Å². The number of anilines is 1. The molecule has 0 saturated carbocycles. The van der Waals surface area contributed by atoms with Crippen molar-refractivity contribution < 1.29 is 9.50 Å². The number of rotatable bonds is 5. The lowest BCUT2D eigenvalue weighted by Crippen LogP contribution is -2.58. The molecule has 0 spiro atoms. The summed E-state index contributed by atoms with van der Waals surface area (Å²) in [5, 5.41) is 10.8. The van der Waals surface area contributed by atoms with Crippen LogP contribution in [0.4, 0.5) is 10.1 Å². The van der Waals surface area contributed by atoms with Gasteiger partial charge in [0.1, 0.15) is 5.82 Å². The highest BCUT2D eigenvalue weighted by molar-refractivity contribution is 7.98. The Balaban J connectivity index is 1.28. The van der Waals surface area contributed by atoms with E-state index in [1.165, 1.54) is 16.5 Å². The lowest BCUT2D eigenvalue weighted by Gasteiger charge is -2.45. The average Bonchev–Trinajstić information content (AvgIpc) is 2.75. The third-order valence-electron chi connectivity index (χ3n) is 6.17. The van der Waals surface area contributed by atoms with Gasteiger partial charge in [-0.05, 0) is 42.5 Å². The Hall–Kier alpha value is -1.60. The lowest BCUT2D eigenvalue weighted by atomic mass is 9.98. The van der Waals surface area contributed by atoms with E-state index < -0.39 is 0 Å². The summed E-state index contributed by atoms with van der Waals surface area (Å²) in [5.41, 5.74) is 1.99. The summed E-state index contributed by atoms with van der Waals surface area (Å²) in [5.74, 6) is -0.153. The minimum Gasteiger partial charge on any atom is -0.390 e. The molecule has 0 bridgehead atoms. The van der Waals surface area contributed by atoms with Crippen LogP contribution in [0.2, 0.25) is 0 Å². The zero-order valence-electron chi connectivity index (χ0n) is 17.0. The van der Waals surface area contributed by atoms with Crippen molar-refractivity contribution in [1.82, 2.24) is 9.80 Å². The number of piperazine rings is 1. The van der Waals surface area contributed by atoms with Crippen LogP contribution in [-0.2, 0) is 6.54 Å². The first-order chi connectivity index (χ1) is 14.1. The number of benzene rings is 2. The SMILES string of the molecule is CSc1ccc(CN2CC[C@@H](N3CCN(c4ccccc4F)CC3)[C@H](O)C2)cc1. The van der Waals surface area contributed by atoms with E-state index >= 15 is 0 Å². The Bertz CT molecular complexity index is 795. The number of β-amino-alcohol motifs (C(OH)–C–C–N with tert-alkyl or cyclic N) is 1. The first-order valence-electron chi connectivity index (χ1n) is 10.4. The summed E-state index contributed by atoms with van der Waals surface area (Å²) >= 11 is 1.76. The van der Waals surface area contributed by atoms with E-state index in [0.29, 0.717) is 12.2 Å². The average molecular weight is 416 g/mol. The molecule has 2 aliphatic rings. The molecule has 2 saturated heterocycles. The highest BCUT2D eigenvalue weighted by Crippen LogP contribution is 2.24. The molecule has 2 atom stereocenters. The van der Waals surface area contributed by atoms with Crippen LogP contribution in [0, 0.1) is 5.82 Å². The van der Waals surface area contributed by atoms with Gasteiger partial charge in [0.2, 0.25) is 0 Å². The largest absolute Gasteiger partial charge is 0.390 e. The Morgan fingerprint density at radius 2 is 1.72 bits per heavy atom. The molecule has 156 valence electrons. The van der Waals surface area contributed by atoms with Crippen molar-refractivity contribution in [2.45, 2.75) is 30.0 Å². The van der Waals surface area contributed by atoms with Gasteiger partial charge >= 0.3 is 0 Å². The molecule has 0 amide bonds. The molecule has 6 heteroatoms. The van der Waals surface area contributed by atoms with E-state index in [-0.39, 0.29) is 18.0 Å². The van der Waals surface area contributed by atoms with Gasteiger partial charge in [-0.3, -0.25) is 9.80 Å². The molecule has 4 rings (SSSR count). The van der Waals surface area contributed by atoms with Gasteiger partial charge in [-0.1, -0.05) is 24.3 Å². The van der Waals surface area contributed by atoms with E-state index in [1.54, 1.807) is 17.8 Å². The van der Waals surface area contributed by atoms with Crippen LogP contribution in [0.5, 0.6) is 0 Å². The second kappa shape index (κ2) is 9.47. The maximum atomic E-state index is 14.1. The van der Waals surface area contributed by atoms with Gasteiger partial charge in [-0.25, -0.2) is 4.39 Å². The normalized spacial score (nSPS) is 24.0. The molecule has 1 N–H and O–H groups in total. The maximum absolute atomic E-state index is 14.1. The predicted molar refractivity (Wildman–Crippen MR) is 118 cm³/mol. The van der Waals surface area contributed by atoms with Crippen LogP contribution < -0.4 is 4.90 Å². The molecule has 0 unspecified atom stereocenters. The summed E-state index contributed by atoms with van der Waals surface area (Å²) < 4.78 is 14.1. The lowest BCUT2D eigenvalue weighted by molar-refractivity contribution is -0.0172. The number of piperidine rings is 1. The van der Waals surface area contributed by atoms with Crippen molar-refractivity contribution >= 4 is 17.4 Å². The fourth-order valence-corrected chi connectivity index (χ4v) is 4.95. The Morgan fingerprint density at radius 3 is 2.38 bits per heavy atom. The number of hydrogen-bond acceptors (Lipinski definition) is 5. The number of nitrogens with zero attached hydrogens (tertiary/aromatic N) is 3. The van der Waals surface area contributed by atoms with Crippen molar-refractivity contribution in [2.24, 2.45) is 0 Å². The summed E-state index contributed by atoms with van der Waals surface area (Å²) in [6, 6.07) is 15.9. The molecule has 0 aromatic heterocycles. The minimum atomic E-state index is -0.339. The van der Waals surface area contributed by atoms with E-state index in [1.807, 2.05) is 12.1 Å². The zero-order valence-corrected chi connectivity index (χ0v) is 17.8. The van der Waals surface area contributed by atoms with Crippen LogP contribution in [0.1, 0.15) is 12.0 Å². The summed E-state index contributed by atoms with van der Waals surface area (Å²) in [4.78, 5) is 8.14. The Morgan fingerprint density at radius 1 is 1.00 bits per heavy atom. The molecule has 4 nitrogen and oxygen atoms in total. The van der Waals surface area contributed by atoms with Crippen LogP contribution in [-0.4, -0.2) is 72.6 Å². The number of aliphatic hydroxyl groups excluding tert-OH is 1. The molecule has 2 aromatic carbocycles. The number of para-hydroxylation sites is 1. The highest BCUT2D eigenvalue weighted by Gasteiger charge is 2.33. The monoisotopic (exact) mass is 415 g/mol. The van der Waals surface area contributed by atoms with Gasteiger partial charge in [0, 0.05) is 56.8 Å². The zero-order chi connectivity index (χ0) is 20.2. The fraction of sp³-hybridized carbons (Fsp3) is 0.478. The number of aliphatic hydroxyl groups is 1. The number of thioether (sulfide) groups is 1. The minimum absolute atomic E-state index is 0.153. The quantitative estimate of drug-likeness (QED) is 0.757. The Kier molecular flexibility index (Phi) is 6.75. The molecule has 2 fully saturated rings. The van der Waals surface area contributed by atoms with Crippen LogP contribution in [0.25, 0.3) is 0 Å². The molecule has 0 radical (unpaired) electrons. The van der Waals surface area contributed by atoms with Gasteiger partial charge in [0.25, 0.3) is 0 Å². The molecule has 0 aliphatic carbocycles. The smallest absolute Gasteiger partial charge is 0.146 e. The molecular formula is C23H30FN3OS. The van der Waals surface area contributed by atoms with Crippen LogP contribution in [0.3, 0.4) is 0 Å². The number of hydrogen-bond donors (Lipinski definition) is 1. The second-order valence-corrected chi connectivity index (χ2v) is 8.86. The van der Waals surface area contributed by atoms with Crippen molar-refractivity contribution in [3.05, 3.63) is 59.9 Å². The third-order valence-corrected chi connectivity index (χ3v) is 6.92. The van der Waals surface area contributed by atoms with E-state index in [9.17, 15) is 9.50 Å². The van der Waals surface area contributed by atoms with Crippen molar-refractivity contribution in [2.75, 3.05) is 50.4 Å². The van der Waals surface area contributed by atoms with Crippen molar-refractivity contribution in [1.29, 1.82) is 0 Å². The van der Waals surface area contributed by atoms with Gasteiger partial charge in [0.05, 0.1) is 11.8 Å². The standard InChI is InChI=1S/C23H30FN3OS/c1-29-19-8-6-18(7-9-19)16-25-11-10-22(23(28)17-25)27-14-12-26(13-15-27)21-5-3-2-4-20(21)24/h2-9,22-23,28H,10-17H2,1H3/t22-,23-/m1/s1. The highest BCUT2D eigenvalue weighted by atomic mass is 32.2. The van der Waals surface area contributed by atoms with E-state index in [4.69, 9.17) is 0 Å². The Labute approximate surface area is 177 Å². The molecule has 2 heterocycles. The molecular weight excluding hydrogens is 385 g/mol. The van der Waals surface area contributed by atoms with E-state index in [2.05, 4.69) is 45.2 Å². The summed E-state index contributed by atoms with van der Waals surface area (Å²) in [7, 11) is 0. The maximum Gasteiger partial charge on any atom is 0.146 e. The predicted octanol–water partition coefficient (Wildman–Crippen LogP) is 3.31. The molecule has 29 heavy (non-hydrogen) atoms. The van der Waals surface area contributed by atoms with Gasteiger partial charge in [0.15, 0.2) is 0 Å². The van der Waals surface area contributed by atoms with Crippen molar-refractivity contribution in [3.8, 4) is 0 Å². The van der Waals surface area contributed by atoms with Crippen LogP contribution >= 0.6 is 11.8 Å². The summed E-state index contributed by atoms with van der Waals surface area (Å²) in [6.07, 6.45) is 2.73. The van der Waals surface area contributed by atoms with Crippen molar-refractivity contribution in [3.63, 3.8) is 0 Å². The van der Waals surface area contributed by atoms with E-state index in [0.717, 1.165) is 45.7 Å². The second-order valence-electron chi connectivity index (χ2n) is 7.98. The van der Waals surface area contributed by atoms with Gasteiger partial charge in [-0.2, -0.15) is 0 Å². The fourth-order valence-electron chi connectivity index (χ4n) is 4.55. The third kappa shape index (κ3) is 4.94. The topological polar surface area (TPSA) is 30.0 Å². The van der Waals surface area contributed by atoms with Gasteiger partial charge in [-0.15, -0.1) is 11.8 Å². The summed E-state index contributed by atoms with van der Waals surface area (Å²) in [6.45, 7) is 5.94. The number of halogens is 1.